The third-order valence-corrected chi connectivity index (χ3v) is 3.44. The van der Waals surface area contributed by atoms with Crippen LogP contribution in [0.3, 0.4) is 0 Å². The van der Waals surface area contributed by atoms with Gasteiger partial charge in [-0.1, -0.05) is 66.7 Å². The van der Waals surface area contributed by atoms with Crippen LogP contribution in [-0.4, -0.2) is 14.5 Å². The molecule has 1 heterocycles. The highest BCUT2D eigenvalue weighted by Crippen LogP contribution is 2.21. The summed E-state index contributed by atoms with van der Waals surface area (Å²) in [6.45, 7) is 0.420. The molecule has 0 spiro atoms. The first-order chi connectivity index (χ1) is 11.2. The fourth-order valence-corrected chi connectivity index (χ4v) is 2.34. The minimum atomic E-state index is -0.388. The maximum atomic E-state index is 11.4. The molecule has 2 aromatic carbocycles. The van der Waals surface area contributed by atoms with Gasteiger partial charge in [0, 0.05) is 0 Å². The molecule has 3 rings (SSSR count). The van der Waals surface area contributed by atoms with Crippen LogP contribution in [0.2, 0.25) is 0 Å². The standard InChI is InChI=1S/C18H15N3O2/c22-21(23)18-17(12-11-15-7-3-1-4-8-15)19-14-20(18)13-16-9-5-2-6-10-16/h1-12,14H,13H2. The molecule has 0 radical (unpaired) electrons. The summed E-state index contributed by atoms with van der Waals surface area (Å²) >= 11 is 0. The molecule has 3 aromatic rings. The minimum Gasteiger partial charge on any atom is -0.358 e. The Morgan fingerprint density at radius 3 is 2.30 bits per heavy atom. The van der Waals surface area contributed by atoms with E-state index in [4.69, 9.17) is 0 Å². The summed E-state index contributed by atoms with van der Waals surface area (Å²) in [5.74, 6) is 0.000958. The zero-order chi connectivity index (χ0) is 16.1. The van der Waals surface area contributed by atoms with E-state index in [0.29, 0.717) is 12.2 Å². The summed E-state index contributed by atoms with van der Waals surface area (Å²) in [5, 5.41) is 11.4. The van der Waals surface area contributed by atoms with Crippen molar-refractivity contribution in [2.24, 2.45) is 0 Å². The number of benzene rings is 2. The molecule has 0 aliphatic carbocycles. The van der Waals surface area contributed by atoms with E-state index in [0.717, 1.165) is 11.1 Å². The number of aromatic nitrogens is 2. The predicted molar refractivity (Wildman–Crippen MR) is 89.8 cm³/mol. The molecule has 1 aromatic heterocycles. The zero-order valence-corrected chi connectivity index (χ0v) is 12.4. The Hall–Kier alpha value is -3.21. The second-order valence-corrected chi connectivity index (χ2v) is 5.07. The minimum absolute atomic E-state index is 0.000958. The number of hydrogen-bond acceptors (Lipinski definition) is 3. The van der Waals surface area contributed by atoms with Gasteiger partial charge in [-0.25, -0.2) is 9.55 Å². The van der Waals surface area contributed by atoms with Gasteiger partial charge in [-0.2, -0.15) is 0 Å². The highest BCUT2D eigenvalue weighted by atomic mass is 16.6. The average Bonchev–Trinajstić information content (AvgIpc) is 2.98. The Labute approximate surface area is 133 Å². The highest BCUT2D eigenvalue weighted by molar-refractivity contribution is 5.71. The highest BCUT2D eigenvalue weighted by Gasteiger charge is 2.19. The molecule has 23 heavy (non-hydrogen) atoms. The van der Waals surface area contributed by atoms with Gasteiger partial charge in [0.2, 0.25) is 0 Å². The summed E-state index contributed by atoms with van der Waals surface area (Å²) in [7, 11) is 0. The molecular weight excluding hydrogens is 290 g/mol. The molecule has 0 aliphatic rings. The largest absolute Gasteiger partial charge is 0.358 e. The second-order valence-electron chi connectivity index (χ2n) is 5.07. The quantitative estimate of drug-likeness (QED) is 0.528. The molecule has 0 saturated heterocycles. The zero-order valence-electron chi connectivity index (χ0n) is 12.4. The van der Waals surface area contributed by atoms with E-state index in [9.17, 15) is 10.1 Å². The first-order valence-corrected chi connectivity index (χ1v) is 7.20. The number of imidazole rings is 1. The van der Waals surface area contributed by atoms with Crippen molar-refractivity contribution in [3.8, 4) is 0 Å². The van der Waals surface area contributed by atoms with Crippen LogP contribution in [-0.2, 0) is 6.54 Å². The number of nitro groups is 1. The van der Waals surface area contributed by atoms with E-state index in [1.54, 1.807) is 10.6 Å². The van der Waals surface area contributed by atoms with Crippen LogP contribution in [0.5, 0.6) is 0 Å². The molecule has 0 N–H and O–H groups in total. The van der Waals surface area contributed by atoms with Crippen LogP contribution in [0.15, 0.2) is 67.0 Å². The molecule has 0 fully saturated rings. The smallest absolute Gasteiger partial charge is 0.350 e. The van der Waals surface area contributed by atoms with Crippen molar-refractivity contribution in [1.82, 2.24) is 9.55 Å². The molecule has 0 bridgehead atoms. The fourth-order valence-electron chi connectivity index (χ4n) is 2.34. The van der Waals surface area contributed by atoms with Crippen molar-refractivity contribution in [1.29, 1.82) is 0 Å². The van der Waals surface area contributed by atoms with Crippen LogP contribution >= 0.6 is 0 Å². The molecule has 0 unspecified atom stereocenters. The molecular formula is C18H15N3O2. The maximum absolute atomic E-state index is 11.4. The summed E-state index contributed by atoms with van der Waals surface area (Å²) in [6, 6.07) is 19.2. The third-order valence-electron chi connectivity index (χ3n) is 3.44. The first-order valence-electron chi connectivity index (χ1n) is 7.20. The van der Waals surface area contributed by atoms with Crippen molar-refractivity contribution >= 4 is 18.0 Å². The normalized spacial score (nSPS) is 11.0. The summed E-state index contributed by atoms with van der Waals surface area (Å²) < 4.78 is 1.56. The van der Waals surface area contributed by atoms with Crippen LogP contribution in [0.1, 0.15) is 16.8 Å². The van der Waals surface area contributed by atoms with Crippen molar-refractivity contribution in [3.05, 3.63) is 93.9 Å². The summed E-state index contributed by atoms with van der Waals surface area (Å²) in [6.07, 6.45) is 5.01. The van der Waals surface area contributed by atoms with E-state index in [1.165, 1.54) is 6.33 Å². The van der Waals surface area contributed by atoms with Gasteiger partial charge in [-0.05, 0) is 22.1 Å². The van der Waals surface area contributed by atoms with Gasteiger partial charge in [0.25, 0.3) is 0 Å². The van der Waals surface area contributed by atoms with E-state index >= 15 is 0 Å². The van der Waals surface area contributed by atoms with Crippen molar-refractivity contribution < 1.29 is 4.92 Å². The maximum Gasteiger partial charge on any atom is 0.350 e. The van der Waals surface area contributed by atoms with Gasteiger partial charge in [0.1, 0.15) is 6.54 Å². The predicted octanol–water partition coefficient (Wildman–Crippen LogP) is 4.01. The molecule has 0 amide bonds. The summed E-state index contributed by atoms with van der Waals surface area (Å²) in [4.78, 5) is 15.2. The Morgan fingerprint density at radius 2 is 1.65 bits per heavy atom. The lowest BCUT2D eigenvalue weighted by Gasteiger charge is -2.01. The van der Waals surface area contributed by atoms with E-state index < -0.39 is 0 Å². The van der Waals surface area contributed by atoms with Crippen LogP contribution < -0.4 is 0 Å². The van der Waals surface area contributed by atoms with Gasteiger partial charge in [0.15, 0.2) is 12.0 Å². The van der Waals surface area contributed by atoms with Gasteiger partial charge in [0.05, 0.1) is 0 Å². The number of hydrogen-bond donors (Lipinski definition) is 0. The Bertz CT molecular complexity index is 824. The molecule has 0 saturated carbocycles. The van der Waals surface area contributed by atoms with Crippen molar-refractivity contribution in [3.63, 3.8) is 0 Å². The van der Waals surface area contributed by atoms with Crippen LogP contribution in [0.4, 0.5) is 5.82 Å². The lowest BCUT2D eigenvalue weighted by atomic mass is 10.2. The van der Waals surface area contributed by atoms with Crippen molar-refractivity contribution in [2.75, 3.05) is 0 Å². The molecule has 0 atom stereocenters. The SMILES string of the molecule is O=[N+]([O-])c1c(C=Cc2ccccc2)ncn1Cc1ccccc1. The van der Waals surface area contributed by atoms with Gasteiger partial charge < -0.3 is 10.1 Å². The monoisotopic (exact) mass is 305 g/mol. The Morgan fingerprint density at radius 1 is 1.00 bits per heavy atom. The lowest BCUT2D eigenvalue weighted by molar-refractivity contribution is -0.392. The lowest BCUT2D eigenvalue weighted by Crippen LogP contribution is -2.03. The average molecular weight is 305 g/mol. The van der Waals surface area contributed by atoms with E-state index in [-0.39, 0.29) is 10.7 Å². The van der Waals surface area contributed by atoms with E-state index in [2.05, 4.69) is 4.98 Å². The van der Waals surface area contributed by atoms with Crippen molar-refractivity contribution in [2.45, 2.75) is 6.54 Å². The molecule has 5 nitrogen and oxygen atoms in total. The fraction of sp³-hybridized carbons (Fsp3) is 0.0556. The second kappa shape index (κ2) is 6.70. The van der Waals surface area contributed by atoms with Gasteiger partial charge in [-0.3, -0.25) is 0 Å². The Kier molecular flexibility index (Phi) is 4.29. The molecule has 114 valence electrons. The first kappa shape index (κ1) is 14.7. The molecule has 0 aliphatic heterocycles. The third kappa shape index (κ3) is 3.52. The van der Waals surface area contributed by atoms with Gasteiger partial charge >= 0.3 is 5.82 Å². The summed E-state index contributed by atoms with van der Waals surface area (Å²) in [5.41, 5.74) is 2.32. The number of nitrogens with zero attached hydrogens (tertiary/aromatic N) is 3. The van der Waals surface area contributed by atoms with Crippen LogP contribution in [0, 0.1) is 10.1 Å². The van der Waals surface area contributed by atoms with E-state index in [1.807, 2.05) is 66.7 Å². The number of rotatable bonds is 5. The Balaban J connectivity index is 1.90. The van der Waals surface area contributed by atoms with Crippen LogP contribution in [0.25, 0.3) is 12.2 Å². The van der Waals surface area contributed by atoms with Gasteiger partial charge in [-0.15, -0.1) is 0 Å². The molecule has 5 heteroatoms. The topological polar surface area (TPSA) is 61.0 Å².